The molecule has 1 amide bonds. The Labute approximate surface area is 166 Å². The van der Waals surface area contributed by atoms with Gasteiger partial charge in [-0.25, -0.2) is 13.9 Å². The van der Waals surface area contributed by atoms with Crippen LogP contribution < -0.4 is 10.6 Å². The van der Waals surface area contributed by atoms with Gasteiger partial charge in [-0.2, -0.15) is 0 Å². The van der Waals surface area contributed by atoms with Crippen molar-refractivity contribution < 1.29 is 13.9 Å². The molecule has 1 unspecified atom stereocenters. The summed E-state index contributed by atoms with van der Waals surface area (Å²) in [6.07, 6.45) is 5.85. The van der Waals surface area contributed by atoms with Gasteiger partial charge >= 0.3 is 6.09 Å². The van der Waals surface area contributed by atoms with Gasteiger partial charge < -0.3 is 10.5 Å². The molecule has 1 saturated carbocycles. The number of ether oxygens (including phenoxy) is 1. The lowest BCUT2D eigenvalue weighted by atomic mass is 10.0. The molecule has 0 bridgehead atoms. The highest BCUT2D eigenvalue weighted by atomic mass is 19.1. The molecular weight excluding hydrogens is 375 g/mol. The van der Waals surface area contributed by atoms with Crippen LogP contribution in [-0.4, -0.2) is 38.7 Å². The second kappa shape index (κ2) is 6.63. The first kappa shape index (κ1) is 17.7. The van der Waals surface area contributed by atoms with E-state index in [9.17, 15) is 9.18 Å². The number of halogens is 1. The maximum absolute atomic E-state index is 14.8. The molecule has 2 aliphatic rings. The Morgan fingerprint density at radius 2 is 2.14 bits per heavy atom. The van der Waals surface area contributed by atoms with E-state index in [2.05, 4.69) is 15.3 Å². The van der Waals surface area contributed by atoms with Gasteiger partial charge in [-0.3, -0.25) is 9.88 Å². The van der Waals surface area contributed by atoms with E-state index in [1.54, 1.807) is 35.4 Å². The second-order valence-electron chi connectivity index (χ2n) is 7.49. The molecule has 0 radical (unpaired) electrons. The molecule has 9 heteroatoms. The molecule has 1 aliphatic heterocycles. The fraction of sp³-hybridized carbons (Fsp3) is 0.300. The maximum atomic E-state index is 14.8. The Bertz CT molecular complexity index is 1050. The number of amides is 1. The van der Waals surface area contributed by atoms with E-state index in [4.69, 9.17) is 10.5 Å². The Morgan fingerprint density at radius 1 is 1.28 bits per heavy atom. The normalized spacial score (nSPS) is 20.0. The van der Waals surface area contributed by atoms with Crippen LogP contribution in [0.3, 0.4) is 0 Å². The van der Waals surface area contributed by atoms with Gasteiger partial charge in [-0.1, -0.05) is 11.3 Å². The van der Waals surface area contributed by atoms with Crippen molar-refractivity contribution in [2.45, 2.75) is 31.0 Å². The molecule has 5 rings (SSSR count). The Hall–Kier alpha value is -3.33. The van der Waals surface area contributed by atoms with Gasteiger partial charge in [0.05, 0.1) is 36.2 Å². The number of carbonyl (C=O) groups excluding carboxylic acids is 1. The number of rotatable bonds is 5. The number of hydrogen-bond acceptors (Lipinski definition) is 6. The number of carbonyl (C=O) groups is 1. The van der Waals surface area contributed by atoms with Crippen LogP contribution in [0.2, 0.25) is 0 Å². The summed E-state index contributed by atoms with van der Waals surface area (Å²) in [5.74, 6) is -0.432. The van der Waals surface area contributed by atoms with Crippen molar-refractivity contribution in [3.8, 4) is 11.1 Å². The fourth-order valence-electron chi connectivity index (χ4n) is 3.51. The van der Waals surface area contributed by atoms with Crippen LogP contribution in [0.15, 0.2) is 48.9 Å². The smallest absolute Gasteiger partial charge is 0.414 e. The highest BCUT2D eigenvalue weighted by Gasteiger charge is 2.41. The highest BCUT2D eigenvalue weighted by molar-refractivity contribution is 5.90. The molecule has 3 aromatic rings. The largest absolute Gasteiger partial charge is 0.442 e. The minimum atomic E-state index is -0.508. The molecule has 2 aromatic heterocycles. The van der Waals surface area contributed by atoms with Crippen molar-refractivity contribution in [1.29, 1.82) is 0 Å². The summed E-state index contributed by atoms with van der Waals surface area (Å²) in [4.78, 5) is 18.0. The van der Waals surface area contributed by atoms with Crippen LogP contribution in [0, 0.1) is 5.82 Å². The van der Waals surface area contributed by atoms with Crippen LogP contribution in [0.1, 0.15) is 18.5 Å². The standard InChI is InChI=1S/C20H19FN6O2/c21-17-9-14(27-12-15(29-19(27)28)11-26-8-7-24-25-26)2-3-16(17)13-1-4-18(23-10-13)20(22)5-6-20/h1-4,7-10,15H,5-6,11-12,22H2. The molecule has 1 aromatic carbocycles. The predicted molar refractivity (Wildman–Crippen MR) is 102 cm³/mol. The van der Waals surface area contributed by atoms with Gasteiger partial charge in [-0.05, 0) is 37.1 Å². The molecule has 148 valence electrons. The maximum Gasteiger partial charge on any atom is 0.414 e. The third-order valence-electron chi connectivity index (χ3n) is 5.37. The number of anilines is 1. The zero-order valence-electron chi connectivity index (χ0n) is 15.5. The number of pyridine rings is 1. The van der Waals surface area contributed by atoms with Gasteiger partial charge in [-0.15, -0.1) is 5.10 Å². The Kier molecular flexibility index (Phi) is 4.06. The SMILES string of the molecule is NC1(c2ccc(-c3ccc(N4CC(Cn5ccnn5)OC4=O)cc3F)cn2)CC1. The minimum Gasteiger partial charge on any atom is -0.442 e. The van der Waals surface area contributed by atoms with E-state index in [-0.39, 0.29) is 11.6 Å². The number of cyclic esters (lactones) is 1. The zero-order valence-corrected chi connectivity index (χ0v) is 15.5. The van der Waals surface area contributed by atoms with Gasteiger partial charge in [0.2, 0.25) is 0 Å². The molecule has 29 heavy (non-hydrogen) atoms. The summed E-state index contributed by atoms with van der Waals surface area (Å²) in [7, 11) is 0. The number of nitrogens with two attached hydrogens (primary N) is 1. The lowest BCUT2D eigenvalue weighted by Gasteiger charge is -2.15. The monoisotopic (exact) mass is 394 g/mol. The topological polar surface area (TPSA) is 99.2 Å². The summed E-state index contributed by atoms with van der Waals surface area (Å²) >= 11 is 0. The molecule has 1 aliphatic carbocycles. The number of aromatic nitrogens is 4. The first-order valence-electron chi connectivity index (χ1n) is 9.39. The molecule has 3 heterocycles. The van der Waals surface area contributed by atoms with Crippen molar-refractivity contribution in [2.24, 2.45) is 5.73 Å². The fourth-order valence-corrected chi connectivity index (χ4v) is 3.51. The van der Waals surface area contributed by atoms with E-state index in [1.807, 2.05) is 12.1 Å². The summed E-state index contributed by atoms with van der Waals surface area (Å²) in [5, 5.41) is 7.60. The van der Waals surface area contributed by atoms with Crippen LogP contribution in [0.25, 0.3) is 11.1 Å². The number of benzene rings is 1. The number of nitrogens with zero attached hydrogens (tertiary/aromatic N) is 5. The predicted octanol–water partition coefficient (Wildman–Crippen LogP) is 2.45. The summed E-state index contributed by atoms with van der Waals surface area (Å²) in [6, 6.07) is 8.37. The average Bonchev–Trinajstić information content (AvgIpc) is 3.11. The van der Waals surface area contributed by atoms with E-state index in [0.29, 0.717) is 29.9 Å². The third kappa shape index (κ3) is 3.33. The summed E-state index contributed by atoms with van der Waals surface area (Å²) in [6.45, 7) is 0.704. The van der Waals surface area contributed by atoms with Crippen LogP contribution in [-0.2, 0) is 16.8 Å². The van der Waals surface area contributed by atoms with Crippen molar-refractivity contribution in [2.75, 3.05) is 11.4 Å². The molecule has 1 saturated heterocycles. The van der Waals surface area contributed by atoms with Crippen molar-refractivity contribution in [1.82, 2.24) is 20.0 Å². The Balaban J connectivity index is 1.33. The molecule has 2 N–H and O–H groups in total. The molecule has 2 fully saturated rings. The first-order valence-corrected chi connectivity index (χ1v) is 9.39. The Morgan fingerprint density at radius 3 is 2.79 bits per heavy atom. The quantitative estimate of drug-likeness (QED) is 0.714. The van der Waals surface area contributed by atoms with Crippen LogP contribution >= 0.6 is 0 Å². The molecule has 0 spiro atoms. The van der Waals surface area contributed by atoms with E-state index in [0.717, 1.165) is 18.5 Å². The van der Waals surface area contributed by atoms with E-state index in [1.165, 1.54) is 11.0 Å². The minimum absolute atomic E-state index is 0.312. The lowest BCUT2D eigenvalue weighted by molar-refractivity contribution is 0.129. The zero-order chi connectivity index (χ0) is 20.0. The summed E-state index contributed by atoms with van der Waals surface area (Å²) < 4.78 is 21.8. The molecule has 8 nitrogen and oxygen atoms in total. The summed E-state index contributed by atoms with van der Waals surface area (Å²) in [5.41, 5.74) is 8.18. The first-order chi connectivity index (χ1) is 14.0. The van der Waals surface area contributed by atoms with Gasteiger partial charge in [0.15, 0.2) is 0 Å². The van der Waals surface area contributed by atoms with Crippen LogP contribution in [0.5, 0.6) is 0 Å². The lowest BCUT2D eigenvalue weighted by Crippen LogP contribution is -2.26. The van der Waals surface area contributed by atoms with E-state index < -0.39 is 11.9 Å². The number of hydrogen-bond donors (Lipinski definition) is 1. The average molecular weight is 394 g/mol. The highest BCUT2D eigenvalue weighted by Crippen LogP contribution is 2.42. The van der Waals surface area contributed by atoms with Crippen LogP contribution in [0.4, 0.5) is 14.9 Å². The van der Waals surface area contributed by atoms with E-state index >= 15 is 0 Å². The third-order valence-corrected chi connectivity index (χ3v) is 5.37. The molecule has 1 atom stereocenters. The van der Waals surface area contributed by atoms with Gasteiger partial charge in [0, 0.05) is 23.5 Å². The van der Waals surface area contributed by atoms with Crippen molar-refractivity contribution >= 4 is 11.8 Å². The van der Waals surface area contributed by atoms with Crippen molar-refractivity contribution in [3.05, 3.63) is 60.4 Å². The molecular formula is C20H19FN6O2. The van der Waals surface area contributed by atoms with Crippen molar-refractivity contribution in [3.63, 3.8) is 0 Å². The second-order valence-corrected chi connectivity index (χ2v) is 7.49. The van der Waals surface area contributed by atoms with Gasteiger partial charge in [0.1, 0.15) is 11.9 Å². The van der Waals surface area contributed by atoms with Gasteiger partial charge in [0.25, 0.3) is 0 Å².